The monoisotopic (exact) mass is 279 g/mol. The van der Waals surface area contributed by atoms with E-state index in [1.165, 1.54) is 13.0 Å². The van der Waals surface area contributed by atoms with Crippen molar-refractivity contribution < 1.29 is 13.9 Å². The van der Waals surface area contributed by atoms with Gasteiger partial charge in [-0.3, -0.25) is 4.79 Å². The maximum atomic E-state index is 13.7. The van der Waals surface area contributed by atoms with E-state index in [1.54, 1.807) is 13.0 Å². The van der Waals surface area contributed by atoms with E-state index in [-0.39, 0.29) is 11.6 Å². The molecule has 0 radical (unpaired) electrons. The lowest BCUT2D eigenvalue weighted by Crippen LogP contribution is -2.37. The van der Waals surface area contributed by atoms with Crippen LogP contribution in [0, 0.1) is 12.7 Å². The second-order valence-corrected chi connectivity index (χ2v) is 5.32. The van der Waals surface area contributed by atoms with Crippen molar-refractivity contribution in [3.8, 4) is 0 Å². The van der Waals surface area contributed by atoms with Gasteiger partial charge in [-0.25, -0.2) is 4.39 Å². The van der Waals surface area contributed by atoms with E-state index in [9.17, 15) is 9.18 Å². The number of nitrogens with zero attached hydrogens (tertiary/aromatic N) is 1. The zero-order valence-electron chi connectivity index (χ0n) is 12.4. The summed E-state index contributed by atoms with van der Waals surface area (Å²) in [6, 6.07) is 3.15. The first kappa shape index (κ1) is 15.0. The fourth-order valence-electron chi connectivity index (χ4n) is 2.71. The Morgan fingerprint density at radius 2 is 2.05 bits per heavy atom. The van der Waals surface area contributed by atoms with Crippen molar-refractivity contribution in [2.75, 3.05) is 24.6 Å². The average molecular weight is 279 g/mol. The minimum atomic E-state index is -0.317. The maximum absolute atomic E-state index is 13.7. The van der Waals surface area contributed by atoms with E-state index in [2.05, 4.69) is 4.90 Å². The largest absolute Gasteiger partial charge is 0.378 e. The van der Waals surface area contributed by atoms with Crippen LogP contribution in [0.4, 0.5) is 10.1 Å². The van der Waals surface area contributed by atoms with Gasteiger partial charge < -0.3 is 9.64 Å². The van der Waals surface area contributed by atoms with Crippen molar-refractivity contribution >= 4 is 11.5 Å². The number of hydrogen-bond acceptors (Lipinski definition) is 3. The molecule has 0 aliphatic carbocycles. The standard InChI is InChI=1S/C16H22FNO2/c1-4-20-13-5-7-18(8-6-13)16-9-11(2)15(17)10-14(16)12(3)19/h9-10,13H,4-8H2,1-3H3. The van der Waals surface area contributed by atoms with E-state index in [0.717, 1.165) is 38.2 Å². The molecule has 0 unspecified atom stereocenters. The molecule has 1 saturated heterocycles. The lowest BCUT2D eigenvalue weighted by atomic mass is 10.0. The van der Waals surface area contributed by atoms with E-state index in [4.69, 9.17) is 4.74 Å². The molecule has 1 heterocycles. The van der Waals surface area contributed by atoms with Crippen LogP contribution in [0.25, 0.3) is 0 Å². The highest BCUT2D eigenvalue weighted by atomic mass is 19.1. The Hall–Kier alpha value is -1.42. The summed E-state index contributed by atoms with van der Waals surface area (Å²) in [6.07, 6.45) is 2.20. The molecular formula is C16H22FNO2. The molecule has 4 heteroatoms. The number of anilines is 1. The van der Waals surface area contributed by atoms with Gasteiger partial charge in [0.25, 0.3) is 0 Å². The van der Waals surface area contributed by atoms with Crippen LogP contribution in [0.5, 0.6) is 0 Å². The Bertz CT molecular complexity index is 493. The van der Waals surface area contributed by atoms with Gasteiger partial charge in [0.15, 0.2) is 5.78 Å². The Balaban J connectivity index is 2.21. The van der Waals surface area contributed by atoms with Crippen LogP contribution in [0.1, 0.15) is 42.6 Å². The molecule has 0 bridgehead atoms. The highest BCUT2D eigenvalue weighted by Crippen LogP contribution is 2.28. The lowest BCUT2D eigenvalue weighted by Gasteiger charge is -2.34. The van der Waals surface area contributed by atoms with Crippen LogP contribution in [0.2, 0.25) is 0 Å². The van der Waals surface area contributed by atoms with Crippen molar-refractivity contribution in [3.05, 3.63) is 29.1 Å². The number of ether oxygens (including phenoxy) is 1. The van der Waals surface area contributed by atoms with Crippen molar-refractivity contribution in [1.82, 2.24) is 0 Å². The third kappa shape index (κ3) is 3.18. The summed E-state index contributed by atoms with van der Waals surface area (Å²) in [5.41, 5.74) is 1.91. The summed E-state index contributed by atoms with van der Waals surface area (Å²) >= 11 is 0. The molecule has 1 aromatic carbocycles. The summed E-state index contributed by atoms with van der Waals surface area (Å²) in [5.74, 6) is -0.408. The van der Waals surface area contributed by atoms with Crippen molar-refractivity contribution in [2.24, 2.45) is 0 Å². The summed E-state index contributed by atoms with van der Waals surface area (Å²) in [5, 5.41) is 0. The number of aryl methyl sites for hydroxylation is 1. The first-order valence-electron chi connectivity index (χ1n) is 7.20. The van der Waals surface area contributed by atoms with Gasteiger partial charge in [-0.15, -0.1) is 0 Å². The topological polar surface area (TPSA) is 29.5 Å². The summed E-state index contributed by atoms with van der Waals surface area (Å²) < 4.78 is 19.3. The molecule has 20 heavy (non-hydrogen) atoms. The number of halogens is 1. The van der Waals surface area contributed by atoms with Gasteiger partial charge in [0, 0.05) is 30.9 Å². The Morgan fingerprint density at radius 3 is 2.60 bits per heavy atom. The molecule has 0 atom stereocenters. The van der Waals surface area contributed by atoms with E-state index in [1.807, 2.05) is 6.92 Å². The number of rotatable bonds is 4. The van der Waals surface area contributed by atoms with Gasteiger partial charge >= 0.3 is 0 Å². The van der Waals surface area contributed by atoms with Gasteiger partial charge in [-0.2, -0.15) is 0 Å². The van der Waals surface area contributed by atoms with Gasteiger partial charge in [0.1, 0.15) is 5.82 Å². The van der Waals surface area contributed by atoms with Gasteiger partial charge in [-0.1, -0.05) is 0 Å². The number of piperidine rings is 1. The van der Waals surface area contributed by atoms with E-state index in [0.29, 0.717) is 17.2 Å². The van der Waals surface area contributed by atoms with Crippen LogP contribution >= 0.6 is 0 Å². The second-order valence-electron chi connectivity index (χ2n) is 5.32. The third-order valence-corrected chi connectivity index (χ3v) is 3.84. The fourth-order valence-corrected chi connectivity index (χ4v) is 2.71. The van der Waals surface area contributed by atoms with Crippen LogP contribution in [-0.2, 0) is 4.74 Å². The van der Waals surface area contributed by atoms with Crippen molar-refractivity contribution in [3.63, 3.8) is 0 Å². The molecular weight excluding hydrogens is 257 g/mol. The van der Waals surface area contributed by atoms with Crippen LogP contribution in [0.15, 0.2) is 12.1 Å². The van der Waals surface area contributed by atoms with Crippen molar-refractivity contribution in [1.29, 1.82) is 0 Å². The quantitative estimate of drug-likeness (QED) is 0.792. The molecule has 1 fully saturated rings. The molecule has 0 aromatic heterocycles. The molecule has 0 N–H and O–H groups in total. The minimum absolute atomic E-state index is 0.0918. The molecule has 0 amide bonds. The number of carbonyl (C=O) groups is 1. The normalized spacial score (nSPS) is 16.5. The Labute approximate surface area is 119 Å². The zero-order valence-corrected chi connectivity index (χ0v) is 12.4. The summed E-state index contributed by atoms with van der Waals surface area (Å²) in [4.78, 5) is 13.9. The SMILES string of the molecule is CCOC1CCN(c2cc(C)c(F)cc2C(C)=O)CC1. The van der Waals surface area contributed by atoms with Crippen LogP contribution in [0.3, 0.4) is 0 Å². The second kappa shape index (κ2) is 6.35. The molecule has 1 aliphatic heterocycles. The zero-order chi connectivity index (χ0) is 14.7. The average Bonchev–Trinajstić information content (AvgIpc) is 2.42. The highest BCUT2D eigenvalue weighted by Gasteiger charge is 2.23. The first-order valence-corrected chi connectivity index (χ1v) is 7.20. The summed E-state index contributed by atoms with van der Waals surface area (Å²) in [6.45, 7) is 7.64. The molecule has 110 valence electrons. The van der Waals surface area contributed by atoms with E-state index < -0.39 is 0 Å². The molecule has 2 rings (SSSR count). The number of Topliss-reactive ketones (excluding diaryl/α,β-unsaturated/α-hetero) is 1. The lowest BCUT2D eigenvalue weighted by molar-refractivity contribution is 0.0459. The number of carbonyl (C=O) groups excluding carboxylic acids is 1. The number of ketones is 1. The van der Waals surface area contributed by atoms with Crippen molar-refractivity contribution in [2.45, 2.75) is 39.7 Å². The fraction of sp³-hybridized carbons (Fsp3) is 0.562. The maximum Gasteiger partial charge on any atom is 0.161 e. The van der Waals surface area contributed by atoms with Crippen LogP contribution in [-0.4, -0.2) is 31.6 Å². The Morgan fingerprint density at radius 1 is 1.40 bits per heavy atom. The van der Waals surface area contributed by atoms with Crippen LogP contribution < -0.4 is 4.90 Å². The minimum Gasteiger partial charge on any atom is -0.378 e. The Kier molecular flexibility index (Phi) is 4.76. The summed E-state index contributed by atoms with van der Waals surface area (Å²) in [7, 11) is 0. The molecule has 0 saturated carbocycles. The highest BCUT2D eigenvalue weighted by molar-refractivity contribution is 6.00. The molecule has 1 aromatic rings. The smallest absolute Gasteiger partial charge is 0.161 e. The van der Waals surface area contributed by atoms with E-state index >= 15 is 0 Å². The predicted molar refractivity (Wildman–Crippen MR) is 78.0 cm³/mol. The van der Waals surface area contributed by atoms with Gasteiger partial charge in [0.2, 0.25) is 0 Å². The molecule has 1 aliphatic rings. The van der Waals surface area contributed by atoms with Gasteiger partial charge in [0.05, 0.1) is 6.10 Å². The number of hydrogen-bond donors (Lipinski definition) is 0. The third-order valence-electron chi connectivity index (χ3n) is 3.84. The molecule has 3 nitrogen and oxygen atoms in total. The van der Waals surface area contributed by atoms with Gasteiger partial charge in [-0.05, 0) is 51.3 Å². The molecule has 0 spiro atoms. The first-order chi connectivity index (χ1) is 9.52. The number of benzene rings is 1. The predicted octanol–water partition coefficient (Wildman–Crippen LogP) is 3.34.